The number of hydrogen-bond acceptors (Lipinski definition) is 4. The molecule has 9 heteroatoms. The van der Waals surface area contributed by atoms with Gasteiger partial charge in [-0.05, 0) is 44.8 Å². The van der Waals surface area contributed by atoms with Crippen molar-refractivity contribution in [1.82, 2.24) is 23.4 Å². The van der Waals surface area contributed by atoms with Crippen molar-refractivity contribution in [2.45, 2.75) is 45.1 Å². The molecule has 0 aromatic carbocycles. The van der Waals surface area contributed by atoms with Gasteiger partial charge in [-0.25, -0.2) is 0 Å². The van der Waals surface area contributed by atoms with Crippen LogP contribution in [0.3, 0.4) is 0 Å². The lowest BCUT2D eigenvalue weighted by molar-refractivity contribution is 0.288. The van der Waals surface area contributed by atoms with E-state index in [1.807, 2.05) is 11.5 Å². The van der Waals surface area contributed by atoms with E-state index in [-0.39, 0.29) is 5.92 Å². The Bertz CT molecular complexity index is 667. The van der Waals surface area contributed by atoms with E-state index in [9.17, 15) is 8.42 Å². The van der Waals surface area contributed by atoms with Crippen molar-refractivity contribution in [2.24, 2.45) is 0 Å². The van der Waals surface area contributed by atoms with Gasteiger partial charge in [-0.1, -0.05) is 0 Å². The van der Waals surface area contributed by atoms with E-state index >= 15 is 0 Å². The molecular formula is C13H23N5O2S2. The third-order valence-corrected chi connectivity index (χ3v) is 6.99. The van der Waals surface area contributed by atoms with E-state index in [1.54, 1.807) is 8.61 Å². The molecule has 2 fully saturated rings. The summed E-state index contributed by atoms with van der Waals surface area (Å²) in [6.07, 6.45) is 3.54. The third-order valence-electron chi connectivity index (χ3n) is 4.64. The molecule has 1 N–H and O–H groups in total. The van der Waals surface area contributed by atoms with Crippen LogP contribution in [0.1, 0.15) is 44.3 Å². The van der Waals surface area contributed by atoms with Gasteiger partial charge in [0.15, 0.2) is 4.77 Å². The molecule has 0 atom stereocenters. The van der Waals surface area contributed by atoms with Gasteiger partial charge < -0.3 is 4.57 Å². The van der Waals surface area contributed by atoms with Gasteiger partial charge in [0.05, 0.1) is 0 Å². The summed E-state index contributed by atoms with van der Waals surface area (Å²) in [5.74, 6) is 1.24. The van der Waals surface area contributed by atoms with E-state index in [1.165, 1.54) is 0 Å². The molecule has 0 saturated carbocycles. The summed E-state index contributed by atoms with van der Waals surface area (Å²) >= 11 is 5.23. The Morgan fingerprint density at radius 1 is 1.18 bits per heavy atom. The molecule has 7 nitrogen and oxygen atoms in total. The highest BCUT2D eigenvalue weighted by atomic mass is 32.2. The standard InChI is InChI=1S/C13H23N5O2S2/c1-2-18-12(14-15-13(18)21)11-5-9-17(10-6-11)22(19,20)16-7-3-4-8-16/h11H,2-10H2,1H3,(H,15,21). The van der Waals surface area contributed by atoms with Crippen molar-refractivity contribution >= 4 is 22.4 Å². The summed E-state index contributed by atoms with van der Waals surface area (Å²) < 4.78 is 31.0. The van der Waals surface area contributed by atoms with E-state index in [4.69, 9.17) is 12.2 Å². The highest BCUT2D eigenvalue weighted by Crippen LogP contribution is 2.29. The van der Waals surface area contributed by atoms with Gasteiger partial charge in [0.2, 0.25) is 0 Å². The molecule has 124 valence electrons. The van der Waals surface area contributed by atoms with Crippen LogP contribution in [0, 0.1) is 4.77 Å². The normalized spacial score (nSPS) is 22.4. The molecule has 0 bridgehead atoms. The monoisotopic (exact) mass is 345 g/mol. The SMILES string of the molecule is CCn1c(C2CCN(S(=O)(=O)N3CCCC3)CC2)n[nH]c1=S. The Balaban J connectivity index is 1.68. The first kappa shape index (κ1) is 16.1. The molecule has 0 aliphatic carbocycles. The van der Waals surface area contributed by atoms with Gasteiger partial charge in [0.1, 0.15) is 5.82 Å². The Morgan fingerprint density at radius 3 is 2.36 bits per heavy atom. The second-order valence-corrected chi connectivity index (χ2v) is 8.23. The first-order valence-corrected chi connectivity index (χ1v) is 9.75. The van der Waals surface area contributed by atoms with Crippen LogP contribution in [0.15, 0.2) is 0 Å². The molecule has 1 aromatic rings. The summed E-state index contributed by atoms with van der Waals surface area (Å²) in [6.45, 7) is 5.28. The number of hydrogen-bond donors (Lipinski definition) is 1. The zero-order valence-corrected chi connectivity index (χ0v) is 14.5. The second kappa shape index (κ2) is 6.38. The molecule has 1 aromatic heterocycles. The molecule has 0 spiro atoms. The van der Waals surface area contributed by atoms with Crippen LogP contribution in [0.25, 0.3) is 0 Å². The Hall–Kier alpha value is -0.770. The Morgan fingerprint density at radius 2 is 1.77 bits per heavy atom. The highest BCUT2D eigenvalue weighted by molar-refractivity contribution is 7.86. The first-order valence-electron chi connectivity index (χ1n) is 7.94. The van der Waals surface area contributed by atoms with Crippen LogP contribution in [0.4, 0.5) is 0 Å². The molecule has 0 unspecified atom stereocenters. The summed E-state index contributed by atoms with van der Waals surface area (Å²) in [5.41, 5.74) is 0. The zero-order valence-electron chi connectivity index (χ0n) is 12.9. The van der Waals surface area contributed by atoms with Crippen molar-refractivity contribution in [3.63, 3.8) is 0 Å². The van der Waals surface area contributed by atoms with Crippen LogP contribution in [0.5, 0.6) is 0 Å². The van der Waals surface area contributed by atoms with Crippen molar-refractivity contribution < 1.29 is 8.42 Å². The van der Waals surface area contributed by atoms with Gasteiger partial charge in [-0.2, -0.15) is 22.1 Å². The van der Waals surface area contributed by atoms with Gasteiger partial charge in [-0.15, -0.1) is 0 Å². The number of aromatic amines is 1. The molecule has 2 aliphatic rings. The summed E-state index contributed by atoms with van der Waals surface area (Å²) in [6, 6.07) is 0. The van der Waals surface area contributed by atoms with Gasteiger partial charge in [0, 0.05) is 38.6 Å². The third kappa shape index (κ3) is 2.86. The van der Waals surface area contributed by atoms with E-state index in [0.717, 1.165) is 38.1 Å². The number of H-pyrrole nitrogens is 1. The topological polar surface area (TPSA) is 74.2 Å². The minimum Gasteiger partial charge on any atom is -0.304 e. The molecule has 2 aliphatic heterocycles. The lowest BCUT2D eigenvalue weighted by atomic mass is 9.97. The minimum absolute atomic E-state index is 0.276. The van der Waals surface area contributed by atoms with E-state index in [2.05, 4.69) is 10.2 Å². The van der Waals surface area contributed by atoms with E-state index in [0.29, 0.717) is 31.0 Å². The minimum atomic E-state index is -3.27. The Kier molecular flexibility index (Phi) is 4.67. The van der Waals surface area contributed by atoms with Crippen molar-refractivity contribution in [1.29, 1.82) is 0 Å². The maximum Gasteiger partial charge on any atom is 0.281 e. The van der Waals surface area contributed by atoms with Gasteiger partial charge >= 0.3 is 0 Å². The summed E-state index contributed by atoms with van der Waals surface area (Å²) in [4.78, 5) is 0. The van der Waals surface area contributed by atoms with Crippen LogP contribution in [-0.2, 0) is 16.8 Å². The molecular weight excluding hydrogens is 322 g/mol. The number of rotatable bonds is 4. The lowest BCUT2D eigenvalue weighted by Gasteiger charge is -2.33. The van der Waals surface area contributed by atoms with Crippen molar-refractivity contribution in [3.8, 4) is 0 Å². The predicted molar refractivity (Wildman–Crippen MR) is 86.4 cm³/mol. The lowest BCUT2D eigenvalue weighted by Crippen LogP contribution is -2.46. The average Bonchev–Trinajstić information content (AvgIpc) is 3.17. The van der Waals surface area contributed by atoms with Gasteiger partial charge in [0.25, 0.3) is 10.2 Å². The molecule has 22 heavy (non-hydrogen) atoms. The van der Waals surface area contributed by atoms with Crippen LogP contribution in [-0.4, -0.2) is 58.0 Å². The number of nitrogens with one attached hydrogen (secondary N) is 1. The fourth-order valence-electron chi connectivity index (χ4n) is 3.37. The fraction of sp³-hybridized carbons (Fsp3) is 0.846. The molecule has 2 saturated heterocycles. The van der Waals surface area contributed by atoms with Crippen molar-refractivity contribution in [3.05, 3.63) is 10.6 Å². The number of aromatic nitrogens is 3. The van der Waals surface area contributed by atoms with E-state index < -0.39 is 10.2 Å². The molecule has 3 heterocycles. The predicted octanol–water partition coefficient (Wildman–Crippen LogP) is 1.48. The van der Waals surface area contributed by atoms with Gasteiger partial charge in [-0.3, -0.25) is 5.10 Å². The smallest absolute Gasteiger partial charge is 0.281 e. The van der Waals surface area contributed by atoms with Crippen LogP contribution < -0.4 is 0 Å². The van der Waals surface area contributed by atoms with Crippen LogP contribution in [0.2, 0.25) is 0 Å². The molecule has 3 rings (SSSR count). The average molecular weight is 345 g/mol. The quantitative estimate of drug-likeness (QED) is 0.839. The molecule has 0 amide bonds. The zero-order chi connectivity index (χ0) is 15.7. The summed E-state index contributed by atoms with van der Waals surface area (Å²) in [5, 5.41) is 7.19. The molecule has 0 radical (unpaired) electrons. The Labute approximate surface area is 136 Å². The first-order chi connectivity index (χ1) is 10.5. The van der Waals surface area contributed by atoms with Crippen LogP contribution >= 0.6 is 12.2 Å². The largest absolute Gasteiger partial charge is 0.304 e. The highest BCUT2D eigenvalue weighted by Gasteiger charge is 2.35. The maximum absolute atomic E-state index is 12.6. The van der Waals surface area contributed by atoms with Crippen molar-refractivity contribution in [2.75, 3.05) is 26.2 Å². The maximum atomic E-state index is 12.6. The number of piperidine rings is 1. The second-order valence-electron chi connectivity index (χ2n) is 5.92. The number of nitrogens with zero attached hydrogens (tertiary/aromatic N) is 4. The summed E-state index contributed by atoms with van der Waals surface area (Å²) in [7, 11) is -3.27. The fourth-order valence-corrected chi connectivity index (χ4v) is 5.36.